The molecule has 0 fully saturated rings. The van der Waals surface area contributed by atoms with E-state index >= 15 is 0 Å². The number of hydrogen-bond acceptors (Lipinski definition) is 5. The minimum absolute atomic E-state index is 0.0619. The molecule has 1 aromatic heterocycles. The molecule has 0 unspecified atom stereocenters. The molecule has 0 saturated carbocycles. The van der Waals surface area contributed by atoms with E-state index in [1.54, 1.807) is 24.4 Å². The van der Waals surface area contributed by atoms with Crippen molar-refractivity contribution >= 4 is 29.1 Å². The van der Waals surface area contributed by atoms with Crippen LogP contribution in [0.1, 0.15) is 11.3 Å². The molecule has 0 saturated heterocycles. The summed E-state index contributed by atoms with van der Waals surface area (Å²) < 4.78 is 13.2. The molecule has 0 spiro atoms. The second-order valence-corrected chi connectivity index (χ2v) is 6.41. The normalized spacial score (nSPS) is 14.6. The zero-order chi connectivity index (χ0) is 17.8. The predicted molar refractivity (Wildman–Crippen MR) is 92.7 cm³/mol. The first kappa shape index (κ1) is 17.3. The van der Waals surface area contributed by atoms with Gasteiger partial charge in [0.15, 0.2) is 0 Å². The lowest BCUT2D eigenvalue weighted by Gasteiger charge is -2.14. The van der Waals surface area contributed by atoms with E-state index in [2.05, 4.69) is 4.98 Å². The van der Waals surface area contributed by atoms with E-state index in [-0.39, 0.29) is 29.4 Å². The van der Waals surface area contributed by atoms with Crippen molar-refractivity contribution in [2.75, 3.05) is 12.4 Å². The van der Waals surface area contributed by atoms with Gasteiger partial charge in [0.2, 0.25) is 0 Å². The molecule has 0 bridgehead atoms. The lowest BCUT2D eigenvalue weighted by molar-refractivity contribution is -0.137. The van der Waals surface area contributed by atoms with E-state index in [0.29, 0.717) is 11.3 Å². The van der Waals surface area contributed by atoms with Crippen LogP contribution in [-0.4, -0.2) is 39.2 Å². The Labute approximate surface area is 148 Å². The van der Waals surface area contributed by atoms with Gasteiger partial charge in [-0.15, -0.1) is 11.8 Å². The van der Waals surface area contributed by atoms with Crippen LogP contribution in [0, 0.1) is 5.82 Å². The van der Waals surface area contributed by atoms with Crippen LogP contribution in [0.15, 0.2) is 53.6 Å². The van der Waals surface area contributed by atoms with Crippen LogP contribution in [0.4, 0.5) is 4.39 Å². The largest absolute Gasteiger partial charge is 0.396 e. The number of benzene rings is 1. The van der Waals surface area contributed by atoms with Gasteiger partial charge in [-0.1, -0.05) is 18.2 Å². The fraction of sp³-hybridized carbons (Fsp3) is 0.167. The molecule has 1 aliphatic heterocycles. The van der Waals surface area contributed by atoms with Crippen molar-refractivity contribution in [2.45, 2.75) is 6.54 Å². The summed E-state index contributed by atoms with van der Waals surface area (Å²) in [6, 6.07) is 10.7. The number of amides is 2. The lowest BCUT2D eigenvalue weighted by Crippen LogP contribution is -2.31. The standard InChI is InChI=1S/C18H15FN2O3S/c19-13-6-4-12(5-7-13)15-16(25-10-9-22)18(24)21(17(15)23)11-14-3-1-2-8-20-14/h1-8,22H,9-11H2. The number of rotatable bonds is 6. The van der Waals surface area contributed by atoms with Crippen LogP contribution in [-0.2, 0) is 16.1 Å². The number of imide groups is 1. The maximum Gasteiger partial charge on any atom is 0.268 e. The number of aliphatic hydroxyl groups is 1. The van der Waals surface area contributed by atoms with Crippen molar-refractivity contribution < 1.29 is 19.1 Å². The van der Waals surface area contributed by atoms with Crippen molar-refractivity contribution in [3.05, 3.63) is 70.6 Å². The zero-order valence-electron chi connectivity index (χ0n) is 13.2. The molecule has 128 valence electrons. The number of pyridine rings is 1. The van der Waals surface area contributed by atoms with Crippen molar-refractivity contribution in [1.82, 2.24) is 9.88 Å². The maximum atomic E-state index is 13.2. The Morgan fingerprint density at radius 1 is 1.08 bits per heavy atom. The third-order valence-corrected chi connectivity index (χ3v) is 4.70. The summed E-state index contributed by atoms with van der Waals surface area (Å²) in [6.07, 6.45) is 1.59. The third kappa shape index (κ3) is 3.62. The fourth-order valence-electron chi connectivity index (χ4n) is 2.50. The molecule has 0 atom stereocenters. The van der Waals surface area contributed by atoms with Crippen LogP contribution in [0.25, 0.3) is 5.57 Å². The summed E-state index contributed by atoms with van der Waals surface area (Å²) in [7, 11) is 0. The van der Waals surface area contributed by atoms with Gasteiger partial charge in [-0.3, -0.25) is 19.5 Å². The van der Waals surface area contributed by atoms with Crippen LogP contribution in [0.2, 0.25) is 0 Å². The summed E-state index contributed by atoms with van der Waals surface area (Å²) in [4.78, 5) is 31.1. The van der Waals surface area contributed by atoms with Gasteiger partial charge in [-0.2, -0.15) is 0 Å². The smallest absolute Gasteiger partial charge is 0.268 e. The molecule has 1 aromatic carbocycles. The van der Waals surface area contributed by atoms with Crippen molar-refractivity contribution in [1.29, 1.82) is 0 Å². The zero-order valence-corrected chi connectivity index (χ0v) is 14.0. The minimum atomic E-state index is -0.442. The summed E-state index contributed by atoms with van der Waals surface area (Å²) in [5.74, 6) is -0.997. The van der Waals surface area contributed by atoms with Crippen LogP contribution in [0.5, 0.6) is 0 Å². The first-order valence-electron chi connectivity index (χ1n) is 7.62. The Balaban J connectivity index is 1.96. The van der Waals surface area contributed by atoms with Crippen molar-refractivity contribution in [2.24, 2.45) is 0 Å². The number of nitrogens with zero attached hydrogens (tertiary/aromatic N) is 2. The van der Waals surface area contributed by atoms with E-state index in [1.165, 1.54) is 24.3 Å². The third-order valence-electron chi connectivity index (χ3n) is 3.64. The van der Waals surface area contributed by atoms with Gasteiger partial charge in [0.05, 0.1) is 29.3 Å². The molecule has 25 heavy (non-hydrogen) atoms. The molecule has 7 heteroatoms. The van der Waals surface area contributed by atoms with Gasteiger partial charge >= 0.3 is 0 Å². The summed E-state index contributed by atoms with van der Waals surface area (Å²) in [6.45, 7) is -0.0566. The van der Waals surface area contributed by atoms with Crippen molar-refractivity contribution in [3.8, 4) is 0 Å². The highest BCUT2D eigenvalue weighted by Crippen LogP contribution is 2.36. The van der Waals surface area contributed by atoms with Crippen LogP contribution >= 0.6 is 11.8 Å². The van der Waals surface area contributed by atoms with Gasteiger partial charge in [0.25, 0.3) is 11.8 Å². The van der Waals surface area contributed by atoms with Crippen LogP contribution < -0.4 is 0 Å². The van der Waals surface area contributed by atoms with E-state index in [4.69, 9.17) is 5.11 Å². The maximum absolute atomic E-state index is 13.2. The van der Waals surface area contributed by atoms with Crippen molar-refractivity contribution in [3.63, 3.8) is 0 Å². The molecular weight excluding hydrogens is 343 g/mol. The van der Waals surface area contributed by atoms with E-state index in [9.17, 15) is 14.0 Å². The second kappa shape index (κ2) is 7.58. The first-order valence-corrected chi connectivity index (χ1v) is 8.60. The predicted octanol–water partition coefficient (Wildman–Crippen LogP) is 2.23. The fourth-order valence-corrected chi connectivity index (χ4v) is 3.38. The summed E-state index contributed by atoms with van der Waals surface area (Å²) in [5, 5.41) is 9.06. The molecule has 3 rings (SSSR count). The number of carbonyl (C=O) groups is 2. The average molecular weight is 358 g/mol. The molecular formula is C18H15FN2O3S. The Morgan fingerprint density at radius 3 is 2.48 bits per heavy atom. The highest BCUT2D eigenvalue weighted by Gasteiger charge is 2.39. The molecule has 2 aromatic rings. The molecule has 0 aliphatic carbocycles. The number of aliphatic hydroxyl groups excluding tert-OH is 1. The van der Waals surface area contributed by atoms with Gasteiger partial charge in [-0.25, -0.2) is 4.39 Å². The Kier molecular flexibility index (Phi) is 5.25. The van der Waals surface area contributed by atoms with E-state index in [0.717, 1.165) is 16.7 Å². The number of halogens is 1. The second-order valence-electron chi connectivity index (χ2n) is 5.30. The molecule has 1 aliphatic rings. The molecule has 2 amide bonds. The molecule has 1 N–H and O–H groups in total. The SMILES string of the molecule is O=C1C(SCCO)=C(c2ccc(F)cc2)C(=O)N1Cc1ccccn1. The number of thioether (sulfide) groups is 1. The Hall–Kier alpha value is -2.51. The quantitative estimate of drug-likeness (QED) is 0.802. The molecule has 2 heterocycles. The average Bonchev–Trinajstić information content (AvgIpc) is 2.86. The summed E-state index contributed by atoms with van der Waals surface area (Å²) in [5.41, 5.74) is 1.30. The monoisotopic (exact) mass is 358 g/mol. The van der Waals surface area contributed by atoms with Gasteiger partial charge < -0.3 is 5.11 Å². The topological polar surface area (TPSA) is 70.5 Å². The first-order chi connectivity index (χ1) is 12.1. The molecule has 5 nitrogen and oxygen atoms in total. The lowest BCUT2D eigenvalue weighted by atomic mass is 10.1. The Bertz CT molecular complexity index is 822. The number of hydrogen-bond donors (Lipinski definition) is 1. The van der Waals surface area contributed by atoms with Crippen LogP contribution in [0.3, 0.4) is 0 Å². The highest BCUT2D eigenvalue weighted by atomic mass is 32.2. The molecule has 0 radical (unpaired) electrons. The minimum Gasteiger partial charge on any atom is -0.396 e. The highest BCUT2D eigenvalue weighted by molar-refractivity contribution is 8.04. The Morgan fingerprint density at radius 2 is 1.84 bits per heavy atom. The summed E-state index contributed by atoms with van der Waals surface area (Å²) >= 11 is 1.12. The van der Waals surface area contributed by atoms with E-state index in [1.807, 2.05) is 0 Å². The van der Waals surface area contributed by atoms with Gasteiger partial charge in [0.1, 0.15) is 5.82 Å². The number of aromatic nitrogens is 1. The van der Waals surface area contributed by atoms with E-state index < -0.39 is 17.6 Å². The number of carbonyl (C=O) groups excluding carboxylic acids is 2. The van der Waals surface area contributed by atoms with Gasteiger partial charge in [0, 0.05) is 11.9 Å². The van der Waals surface area contributed by atoms with Gasteiger partial charge in [-0.05, 0) is 29.8 Å².